The van der Waals surface area contributed by atoms with E-state index in [-0.39, 0.29) is 18.5 Å². The van der Waals surface area contributed by atoms with E-state index >= 15 is 0 Å². The normalized spacial score (nSPS) is 29.3. The van der Waals surface area contributed by atoms with Crippen LogP contribution in [0.15, 0.2) is 35.5 Å². The van der Waals surface area contributed by atoms with Gasteiger partial charge in [-0.1, -0.05) is 12.5 Å². The minimum absolute atomic E-state index is 0.0161. The Morgan fingerprint density at radius 1 is 1.24 bits per heavy atom. The van der Waals surface area contributed by atoms with Crippen molar-refractivity contribution < 1.29 is 21.6 Å². The zero-order valence-corrected chi connectivity index (χ0v) is 18.6. The number of allylic oxidation sites excluding steroid dienone is 3. The zero-order valence-electron chi connectivity index (χ0n) is 16.9. The molecule has 0 radical (unpaired) electrons. The molecular formula is C19H29N3O5S2. The second kappa shape index (κ2) is 7.40. The molecule has 3 aliphatic heterocycles. The Labute approximate surface area is 173 Å². The molecule has 0 aromatic carbocycles. The first-order valence-electron chi connectivity index (χ1n) is 10.1. The third-order valence-corrected chi connectivity index (χ3v) is 8.25. The van der Waals surface area contributed by atoms with Gasteiger partial charge in [0.1, 0.15) is 5.76 Å². The maximum absolute atomic E-state index is 12.5. The van der Waals surface area contributed by atoms with Crippen LogP contribution in [0.2, 0.25) is 0 Å². The van der Waals surface area contributed by atoms with E-state index < -0.39 is 26.3 Å². The van der Waals surface area contributed by atoms with Crippen molar-refractivity contribution in [2.45, 2.75) is 51.2 Å². The van der Waals surface area contributed by atoms with Crippen molar-refractivity contribution in [3.8, 4) is 0 Å². The lowest BCUT2D eigenvalue weighted by molar-refractivity contribution is 0.0586. The summed E-state index contributed by atoms with van der Waals surface area (Å²) in [7, 11) is -6.97. The molecule has 8 nitrogen and oxygen atoms in total. The van der Waals surface area contributed by atoms with E-state index in [0.29, 0.717) is 6.42 Å². The van der Waals surface area contributed by atoms with Gasteiger partial charge in [0.25, 0.3) is 0 Å². The van der Waals surface area contributed by atoms with E-state index in [0.717, 1.165) is 62.5 Å². The summed E-state index contributed by atoms with van der Waals surface area (Å²) in [6.07, 6.45) is 14.6. The lowest BCUT2D eigenvalue weighted by Crippen LogP contribution is -2.44. The Morgan fingerprint density at radius 2 is 2.03 bits per heavy atom. The molecule has 29 heavy (non-hydrogen) atoms. The predicted molar refractivity (Wildman–Crippen MR) is 110 cm³/mol. The van der Waals surface area contributed by atoms with Gasteiger partial charge < -0.3 is 9.64 Å². The third kappa shape index (κ3) is 3.99. The molecule has 0 amide bonds. The van der Waals surface area contributed by atoms with E-state index in [2.05, 4.69) is 28.1 Å². The Bertz CT molecular complexity index is 983. The number of rotatable bonds is 6. The van der Waals surface area contributed by atoms with Crippen molar-refractivity contribution in [2.24, 2.45) is 5.41 Å². The van der Waals surface area contributed by atoms with Gasteiger partial charge in [-0.25, -0.2) is 21.6 Å². The van der Waals surface area contributed by atoms with Crippen LogP contribution in [0.1, 0.15) is 44.9 Å². The summed E-state index contributed by atoms with van der Waals surface area (Å²) in [5.74, 6) is 0.925. The Morgan fingerprint density at radius 3 is 2.76 bits per heavy atom. The molecule has 1 saturated carbocycles. The van der Waals surface area contributed by atoms with Gasteiger partial charge in [0, 0.05) is 31.9 Å². The fraction of sp³-hybridized carbons (Fsp3) is 0.684. The lowest BCUT2D eigenvalue weighted by atomic mass is 9.66. The smallest absolute Gasteiger partial charge is 0.214 e. The highest BCUT2D eigenvalue weighted by molar-refractivity contribution is 7.88. The number of fused-ring (bicyclic) bond motifs is 1. The number of ether oxygens (including phenoxy) is 1. The Balaban J connectivity index is 1.66. The summed E-state index contributed by atoms with van der Waals surface area (Å²) >= 11 is 0. The fourth-order valence-electron chi connectivity index (χ4n) is 5.02. The van der Waals surface area contributed by atoms with Crippen LogP contribution in [-0.4, -0.2) is 57.9 Å². The van der Waals surface area contributed by atoms with Crippen molar-refractivity contribution in [3.63, 3.8) is 0 Å². The van der Waals surface area contributed by atoms with Crippen LogP contribution in [0.5, 0.6) is 0 Å². The number of nitrogens with zero attached hydrogens (tertiary/aromatic N) is 2. The highest BCUT2D eigenvalue weighted by Crippen LogP contribution is 2.59. The first-order chi connectivity index (χ1) is 13.6. The standard InChI is InChI=1S/C19H29N3O5S2/c1-28(23,24)20-10-12-22(29(2,25)26)17-13-19-9-5-3-7-15(19)14-21-11-6-4-8-16(21)18(19)27-17/h6,11,14,17,20H,3-5,7-10,12-13H2,1-2H3/t17-,19?/m1/s1. The Hall–Kier alpha value is -1.36. The predicted octanol–water partition coefficient (Wildman–Crippen LogP) is 1.82. The van der Waals surface area contributed by atoms with Crippen LogP contribution >= 0.6 is 0 Å². The first-order valence-corrected chi connectivity index (χ1v) is 13.8. The highest BCUT2D eigenvalue weighted by Gasteiger charge is 2.54. The molecule has 4 rings (SSSR count). The van der Waals surface area contributed by atoms with E-state index in [1.807, 2.05) is 0 Å². The van der Waals surface area contributed by atoms with Gasteiger partial charge in [0.05, 0.1) is 23.6 Å². The molecule has 2 atom stereocenters. The van der Waals surface area contributed by atoms with E-state index in [1.54, 1.807) is 0 Å². The molecule has 1 saturated heterocycles. The average molecular weight is 444 g/mol. The van der Waals surface area contributed by atoms with Crippen molar-refractivity contribution in [1.29, 1.82) is 0 Å². The van der Waals surface area contributed by atoms with Crippen molar-refractivity contribution in [2.75, 3.05) is 25.6 Å². The molecular weight excluding hydrogens is 414 g/mol. The van der Waals surface area contributed by atoms with E-state index in [1.165, 1.54) is 9.88 Å². The third-order valence-electron chi connectivity index (χ3n) is 6.25. The van der Waals surface area contributed by atoms with Gasteiger partial charge in [-0.05, 0) is 37.7 Å². The molecule has 1 unspecified atom stereocenters. The van der Waals surface area contributed by atoms with Crippen molar-refractivity contribution in [3.05, 3.63) is 35.5 Å². The second-order valence-corrected chi connectivity index (χ2v) is 12.1. The SMILES string of the molecule is CS(=O)(=O)NCCN([C@H]1CC23CCCCC2=CN2C=CCCC2=C3O1)S(C)(=O)=O. The molecule has 0 aromatic rings. The first kappa shape index (κ1) is 20.9. The van der Waals surface area contributed by atoms with Crippen LogP contribution in [0.25, 0.3) is 0 Å². The molecule has 162 valence electrons. The molecule has 1 N–H and O–H groups in total. The Kier molecular flexibility index (Phi) is 5.33. The fourth-order valence-corrected chi connectivity index (χ4v) is 6.45. The van der Waals surface area contributed by atoms with Crippen molar-refractivity contribution >= 4 is 20.0 Å². The summed E-state index contributed by atoms with van der Waals surface area (Å²) < 4.78 is 58.0. The van der Waals surface area contributed by atoms with Crippen LogP contribution in [-0.2, 0) is 24.8 Å². The number of nitrogens with one attached hydrogen (secondary N) is 1. The molecule has 10 heteroatoms. The maximum atomic E-state index is 12.5. The summed E-state index contributed by atoms with van der Waals surface area (Å²) in [5.41, 5.74) is 2.22. The van der Waals surface area contributed by atoms with Crippen LogP contribution in [0, 0.1) is 5.41 Å². The van der Waals surface area contributed by atoms with Crippen molar-refractivity contribution in [1.82, 2.24) is 13.9 Å². The lowest BCUT2D eigenvalue weighted by Gasteiger charge is -2.42. The summed E-state index contributed by atoms with van der Waals surface area (Å²) in [5, 5.41) is 0. The molecule has 0 aromatic heterocycles. The van der Waals surface area contributed by atoms with Gasteiger partial charge in [0.2, 0.25) is 20.0 Å². The second-order valence-electron chi connectivity index (χ2n) is 8.37. The van der Waals surface area contributed by atoms with Gasteiger partial charge in [0.15, 0.2) is 6.23 Å². The summed E-state index contributed by atoms with van der Waals surface area (Å²) in [4.78, 5) is 2.14. The number of hydrogen-bond donors (Lipinski definition) is 1. The molecule has 2 fully saturated rings. The van der Waals surface area contributed by atoms with Crippen LogP contribution in [0.4, 0.5) is 0 Å². The topological polar surface area (TPSA) is 96.0 Å². The maximum Gasteiger partial charge on any atom is 0.214 e. The van der Waals surface area contributed by atoms with Crippen LogP contribution < -0.4 is 4.72 Å². The van der Waals surface area contributed by atoms with Gasteiger partial charge in [-0.15, -0.1) is 0 Å². The zero-order chi connectivity index (χ0) is 20.9. The van der Waals surface area contributed by atoms with Gasteiger partial charge in [-0.2, -0.15) is 4.31 Å². The highest BCUT2D eigenvalue weighted by atomic mass is 32.2. The van der Waals surface area contributed by atoms with Gasteiger partial charge >= 0.3 is 0 Å². The monoisotopic (exact) mass is 443 g/mol. The minimum atomic E-state index is -3.58. The van der Waals surface area contributed by atoms with Gasteiger partial charge in [-0.3, -0.25) is 0 Å². The van der Waals surface area contributed by atoms with E-state index in [4.69, 9.17) is 4.74 Å². The summed E-state index contributed by atoms with van der Waals surface area (Å²) in [6.45, 7) is 0.0557. The molecule has 1 spiro atoms. The molecule has 3 heterocycles. The summed E-state index contributed by atoms with van der Waals surface area (Å²) in [6, 6.07) is 0. The molecule has 4 aliphatic rings. The minimum Gasteiger partial charge on any atom is -0.476 e. The average Bonchev–Trinajstić information content (AvgIpc) is 3.00. The van der Waals surface area contributed by atoms with Crippen LogP contribution in [0.3, 0.4) is 0 Å². The molecule has 0 bridgehead atoms. The quantitative estimate of drug-likeness (QED) is 0.673. The van der Waals surface area contributed by atoms with E-state index in [9.17, 15) is 16.8 Å². The number of hydrogen-bond acceptors (Lipinski definition) is 6. The number of sulfonamides is 2. The molecule has 1 aliphatic carbocycles. The largest absolute Gasteiger partial charge is 0.476 e.